The molecule has 2 aromatic heterocycles. The van der Waals surface area contributed by atoms with Crippen LogP contribution in [0.3, 0.4) is 0 Å². The van der Waals surface area contributed by atoms with Crippen molar-refractivity contribution in [3.05, 3.63) is 47.5 Å². The number of pyridine rings is 1. The summed E-state index contributed by atoms with van der Waals surface area (Å²) in [5.41, 5.74) is 3.44. The van der Waals surface area contributed by atoms with Crippen molar-refractivity contribution in [3.8, 4) is 0 Å². The minimum absolute atomic E-state index is 0.654. The molecule has 0 fully saturated rings. The van der Waals surface area contributed by atoms with E-state index in [0.29, 0.717) is 5.95 Å². The number of aromatic nitrogens is 3. The third-order valence-corrected chi connectivity index (χ3v) is 2.35. The number of nitrogens with zero attached hydrogens (tertiary/aromatic N) is 3. The fourth-order valence-electron chi connectivity index (χ4n) is 1.36. The quantitative estimate of drug-likeness (QED) is 0.850. The van der Waals surface area contributed by atoms with Crippen LogP contribution in [0.5, 0.6) is 0 Å². The molecule has 0 amide bonds. The zero-order valence-corrected chi connectivity index (χ0v) is 9.44. The molecule has 0 atom stereocenters. The molecule has 0 radical (unpaired) electrons. The Morgan fingerprint density at radius 3 is 2.56 bits per heavy atom. The SMILES string of the molecule is Cc1cnc(NCc2ccncc2C)nc1. The molecule has 16 heavy (non-hydrogen) atoms. The van der Waals surface area contributed by atoms with Gasteiger partial charge in [0.25, 0.3) is 0 Å². The molecular formula is C12H14N4. The van der Waals surface area contributed by atoms with E-state index in [-0.39, 0.29) is 0 Å². The Balaban J connectivity index is 2.02. The van der Waals surface area contributed by atoms with Crippen LogP contribution >= 0.6 is 0 Å². The molecule has 0 aliphatic heterocycles. The van der Waals surface area contributed by atoms with Crippen molar-refractivity contribution in [2.45, 2.75) is 20.4 Å². The first-order valence-corrected chi connectivity index (χ1v) is 5.18. The zero-order valence-electron chi connectivity index (χ0n) is 9.44. The van der Waals surface area contributed by atoms with Gasteiger partial charge in [-0.05, 0) is 36.6 Å². The van der Waals surface area contributed by atoms with Gasteiger partial charge in [0.2, 0.25) is 5.95 Å². The minimum Gasteiger partial charge on any atom is -0.350 e. The summed E-state index contributed by atoms with van der Waals surface area (Å²) in [4.78, 5) is 12.4. The second-order valence-electron chi connectivity index (χ2n) is 3.74. The second-order valence-corrected chi connectivity index (χ2v) is 3.74. The Morgan fingerprint density at radius 2 is 1.88 bits per heavy atom. The molecule has 0 aliphatic rings. The van der Waals surface area contributed by atoms with Crippen LogP contribution in [0.15, 0.2) is 30.9 Å². The number of hydrogen-bond acceptors (Lipinski definition) is 4. The lowest BCUT2D eigenvalue weighted by molar-refractivity contribution is 1.02. The predicted molar refractivity (Wildman–Crippen MR) is 63.1 cm³/mol. The number of aryl methyl sites for hydroxylation is 2. The third kappa shape index (κ3) is 2.53. The third-order valence-electron chi connectivity index (χ3n) is 2.35. The number of hydrogen-bond donors (Lipinski definition) is 1. The predicted octanol–water partition coefficient (Wildman–Crippen LogP) is 2.10. The molecular weight excluding hydrogens is 200 g/mol. The summed E-state index contributed by atoms with van der Waals surface area (Å²) in [6.45, 7) is 4.73. The smallest absolute Gasteiger partial charge is 0.222 e. The summed E-state index contributed by atoms with van der Waals surface area (Å²) >= 11 is 0. The molecule has 0 saturated carbocycles. The lowest BCUT2D eigenvalue weighted by atomic mass is 10.1. The monoisotopic (exact) mass is 214 g/mol. The van der Waals surface area contributed by atoms with Gasteiger partial charge in [-0.3, -0.25) is 4.98 Å². The van der Waals surface area contributed by atoms with Gasteiger partial charge in [-0.25, -0.2) is 9.97 Å². The van der Waals surface area contributed by atoms with E-state index in [0.717, 1.165) is 12.1 Å². The molecule has 1 N–H and O–H groups in total. The Morgan fingerprint density at radius 1 is 1.12 bits per heavy atom. The van der Waals surface area contributed by atoms with Gasteiger partial charge in [0.05, 0.1) is 0 Å². The number of rotatable bonds is 3. The topological polar surface area (TPSA) is 50.7 Å². The van der Waals surface area contributed by atoms with Crippen molar-refractivity contribution in [1.29, 1.82) is 0 Å². The van der Waals surface area contributed by atoms with Gasteiger partial charge in [0.15, 0.2) is 0 Å². The van der Waals surface area contributed by atoms with Gasteiger partial charge in [-0.2, -0.15) is 0 Å². The molecule has 0 unspecified atom stereocenters. The minimum atomic E-state index is 0.654. The van der Waals surface area contributed by atoms with E-state index in [2.05, 4.69) is 20.3 Å². The van der Waals surface area contributed by atoms with Crippen LogP contribution in [0.2, 0.25) is 0 Å². The average Bonchev–Trinajstić information content (AvgIpc) is 2.30. The lowest BCUT2D eigenvalue weighted by Crippen LogP contribution is -2.04. The standard InChI is InChI=1S/C12H14N4/c1-9-5-14-12(15-6-9)16-8-11-3-4-13-7-10(11)2/h3-7H,8H2,1-2H3,(H,14,15,16). The van der Waals surface area contributed by atoms with E-state index in [1.165, 1.54) is 11.1 Å². The van der Waals surface area contributed by atoms with Crippen molar-refractivity contribution < 1.29 is 0 Å². The molecule has 0 bridgehead atoms. The number of anilines is 1. The molecule has 0 aromatic carbocycles. The molecule has 0 aliphatic carbocycles. The average molecular weight is 214 g/mol. The maximum atomic E-state index is 4.19. The fourth-order valence-corrected chi connectivity index (χ4v) is 1.36. The van der Waals surface area contributed by atoms with Crippen LogP contribution in [0.25, 0.3) is 0 Å². The van der Waals surface area contributed by atoms with Crippen molar-refractivity contribution in [3.63, 3.8) is 0 Å². The van der Waals surface area contributed by atoms with Crippen molar-refractivity contribution in [2.75, 3.05) is 5.32 Å². The molecule has 82 valence electrons. The molecule has 0 saturated heterocycles. The van der Waals surface area contributed by atoms with E-state index in [4.69, 9.17) is 0 Å². The van der Waals surface area contributed by atoms with Gasteiger partial charge in [-0.15, -0.1) is 0 Å². The normalized spacial score (nSPS) is 10.1. The lowest BCUT2D eigenvalue weighted by Gasteiger charge is -2.06. The summed E-state index contributed by atoms with van der Waals surface area (Å²) in [6, 6.07) is 2.00. The molecule has 4 heteroatoms. The maximum absolute atomic E-state index is 4.19. The summed E-state index contributed by atoms with van der Waals surface area (Å²) in [5.74, 6) is 0.654. The zero-order chi connectivity index (χ0) is 11.4. The van der Waals surface area contributed by atoms with Crippen LogP contribution in [0, 0.1) is 13.8 Å². The largest absolute Gasteiger partial charge is 0.350 e. The van der Waals surface area contributed by atoms with Crippen molar-refractivity contribution >= 4 is 5.95 Å². The van der Waals surface area contributed by atoms with Gasteiger partial charge in [0, 0.05) is 31.3 Å². The molecule has 0 spiro atoms. The van der Waals surface area contributed by atoms with E-state index >= 15 is 0 Å². The first kappa shape index (κ1) is 10.5. The van der Waals surface area contributed by atoms with Gasteiger partial charge in [-0.1, -0.05) is 0 Å². The highest BCUT2D eigenvalue weighted by molar-refractivity contribution is 5.30. The van der Waals surface area contributed by atoms with Crippen LogP contribution in [0.1, 0.15) is 16.7 Å². The Kier molecular flexibility index (Phi) is 3.10. The molecule has 2 rings (SSSR count). The summed E-state index contributed by atoms with van der Waals surface area (Å²) in [5, 5.41) is 3.18. The number of nitrogens with one attached hydrogen (secondary N) is 1. The van der Waals surface area contributed by atoms with E-state index in [1.807, 2.05) is 26.1 Å². The van der Waals surface area contributed by atoms with E-state index in [9.17, 15) is 0 Å². The van der Waals surface area contributed by atoms with Crippen LogP contribution in [-0.2, 0) is 6.54 Å². The second kappa shape index (κ2) is 4.70. The van der Waals surface area contributed by atoms with Crippen molar-refractivity contribution in [2.24, 2.45) is 0 Å². The highest BCUT2D eigenvalue weighted by Crippen LogP contribution is 2.07. The highest BCUT2D eigenvalue weighted by Gasteiger charge is 1.98. The van der Waals surface area contributed by atoms with Crippen LogP contribution < -0.4 is 5.32 Å². The summed E-state index contributed by atoms with van der Waals surface area (Å²) < 4.78 is 0. The first-order valence-electron chi connectivity index (χ1n) is 5.18. The van der Waals surface area contributed by atoms with Crippen molar-refractivity contribution in [1.82, 2.24) is 15.0 Å². The Hall–Kier alpha value is -1.97. The Labute approximate surface area is 94.8 Å². The first-order chi connectivity index (χ1) is 7.75. The fraction of sp³-hybridized carbons (Fsp3) is 0.250. The van der Waals surface area contributed by atoms with Crippen LogP contribution in [-0.4, -0.2) is 15.0 Å². The van der Waals surface area contributed by atoms with E-state index < -0.39 is 0 Å². The summed E-state index contributed by atoms with van der Waals surface area (Å²) in [6.07, 6.45) is 7.25. The Bertz CT molecular complexity index is 465. The van der Waals surface area contributed by atoms with Gasteiger partial charge in [0.1, 0.15) is 0 Å². The van der Waals surface area contributed by atoms with Gasteiger partial charge < -0.3 is 5.32 Å². The highest BCUT2D eigenvalue weighted by atomic mass is 15.1. The van der Waals surface area contributed by atoms with Gasteiger partial charge >= 0.3 is 0 Å². The molecule has 2 heterocycles. The molecule has 2 aromatic rings. The maximum Gasteiger partial charge on any atom is 0.222 e. The molecule has 4 nitrogen and oxygen atoms in total. The van der Waals surface area contributed by atoms with Crippen LogP contribution in [0.4, 0.5) is 5.95 Å². The summed E-state index contributed by atoms with van der Waals surface area (Å²) in [7, 11) is 0. The van der Waals surface area contributed by atoms with E-state index in [1.54, 1.807) is 18.6 Å².